The van der Waals surface area contributed by atoms with Crippen molar-refractivity contribution >= 4 is 0 Å². The average Bonchev–Trinajstić information content (AvgIpc) is 2.13. The minimum atomic E-state index is -0.368. The summed E-state index contributed by atoms with van der Waals surface area (Å²) in [6.45, 7) is 0.714. The number of hydrogen-bond acceptors (Lipinski definition) is 3. The summed E-state index contributed by atoms with van der Waals surface area (Å²) in [5, 5.41) is 8.19. The van der Waals surface area contributed by atoms with E-state index in [1.165, 1.54) is 6.42 Å². The summed E-state index contributed by atoms with van der Waals surface area (Å²) in [4.78, 5) is 4.05. The highest BCUT2D eigenvalue weighted by Gasteiger charge is 2.11. The molecule has 1 N–H and O–H groups in total. The van der Waals surface area contributed by atoms with Gasteiger partial charge in [0.15, 0.2) is 6.29 Å². The molecule has 0 radical (unpaired) electrons. The highest BCUT2D eigenvalue weighted by molar-refractivity contribution is 4.51. The van der Waals surface area contributed by atoms with Crippen LogP contribution in [0.25, 0.3) is 0 Å². The van der Waals surface area contributed by atoms with Gasteiger partial charge in [-0.1, -0.05) is 6.42 Å². The Hall–Kier alpha value is -0.120. The number of rotatable bonds is 1. The summed E-state index contributed by atoms with van der Waals surface area (Å²) in [5.74, 6) is 0. The van der Waals surface area contributed by atoms with Crippen LogP contribution in [0.3, 0.4) is 0 Å². The molecule has 0 aliphatic carbocycles. The molecule has 54 valence electrons. The van der Waals surface area contributed by atoms with Crippen molar-refractivity contribution < 1.29 is 14.9 Å². The molecule has 3 nitrogen and oxygen atoms in total. The van der Waals surface area contributed by atoms with Gasteiger partial charge in [-0.2, -0.15) is 0 Å². The molecule has 1 saturated heterocycles. The van der Waals surface area contributed by atoms with Gasteiger partial charge in [0.2, 0.25) is 0 Å². The van der Waals surface area contributed by atoms with Crippen LogP contribution in [-0.4, -0.2) is 18.2 Å². The van der Waals surface area contributed by atoms with E-state index in [1.54, 1.807) is 0 Å². The van der Waals surface area contributed by atoms with Gasteiger partial charge in [0, 0.05) is 13.0 Å². The Morgan fingerprint density at radius 1 is 1.33 bits per heavy atom. The standard InChI is InChI=1S/C6H12O3/c7-9-6-4-2-1-3-5-8-6/h6-7H,1-5H2. The second kappa shape index (κ2) is 3.82. The predicted octanol–water partition coefficient (Wildman–Crippen LogP) is 1.39. The lowest BCUT2D eigenvalue weighted by molar-refractivity contribution is -0.345. The normalized spacial score (nSPS) is 29.7. The Kier molecular flexibility index (Phi) is 2.97. The summed E-state index contributed by atoms with van der Waals surface area (Å²) in [5.41, 5.74) is 0. The van der Waals surface area contributed by atoms with Crippen LogP contribution in [0.5, 0.6) is 0 Å². The Labute approximate surface area is 54.5 Å². The van der Waals surface area contributed by atoms with Gasteiger partial charge in [-0.05, 0) is 12.8 Å². The fourth-order valence-corrected chi connectivity index (χ4v) is 0.971. The van der Waals surface area contributed by atoms with E-state index in [1.807, 2.05) is 0 Å². The summed E-state index contributed by atoms with van der Waals surface area (Å²) in [6, 6.07) is 0. The monoisotopic (exact) mass is 132 g/mol. The van der Waals surface area contributed by atoms with Crippen LogP contribution in [0.4, 0.5) is 0 Å². The van der Waals surface area contributed by atoms with Crippen LogP contribution in [0.2, 0.25) is 0 Å². The fourth-order valence-electron chi connectivity index (χ4n) is 0.971. The largest absolute Gasteiger partial charge is 0.350 e. The van der Waals surface area contributed by atoms with E-state index in [0.717, 1.165) is 19.3 Å². The van der Waals surface area contributed by atoms with E-state index >= 15 is 0 Å². The zero-order valence-corrected chi connectivity index (χ0v) is 5.38. The van der Waals surface area contributed by atoms with Gasteiger partial charge >= 0.3 is 0 Å². The molecule has 9 heavy (non-hydrogen) atoms. The third-order valence-corrected chi connectivity index (χ3v) is 1.51. The third kappa shape index (κ3) is 2.30. The van der Waals surface area contributed by atoms with Crippen LogP contribution in [-0.2, 0) is 9.62 Å². The average molecular weight is 132 g/mol. The van der Waals surface area contributed by atoms with Crippen LogP contribution in [0, 0.1) is 0 Å². The van der Waals surface area contributed by atoms with Crippen LogP contribution >= 0.6 is 0 Å². The van der Waals surface area contributed by atoms with Crippen LogP contribution in [0.1, 0.15) is 25.7 Å². The molecule has 0 aromatic carbocycles. The van der Waals surface area contributed by atoms with Crippen LogP contribution < -0.4 is 0 Å². The minimum Gasteiger partial charge on any atom is -0.350 e. The SMILES string of the molecule is OOC1CCCCCO1. The van der Waals surface area contributed by atoms with Crippen molar-refractivity contribution in [1.82, 2.24) is 0 Å². The molecular formula is C6H12O3. The van der Waals surface area contributed by atoms with E-state index in [9.17, 15) is 0 Å². The fraction of sp³-hybridized carbons (Fsp3) is 1.00. The molecular weight excluding hydrogens is 120 g/mol. The topological polar surface area (TPSA) is 38.7 Å². The molecule has 0 aromatic heterocycles. The molecule has 3 heteroatoms. The predicted molar refractivity (Wildman–Crippen MR) is 31.9 cm³/mol. The van der Waals surface area contributed by atoms with Crippen LogP contribution in [0.15, 0.2) is 0 Å². The quantitative estimate of drug-likeness (QED) is 0.433. The van der Waals surface area contributed by atoms with Gasteiger partial charge in [0.25, 0.3) is 0 Å². The zero-order valence-electron chi connectivity index (χ0n) is 5.38. The second-order valence-corrected chi connectivity index (χ2v) is 2.26. The maximum atomic E-state index is 8.19. The van der Waals surface area contributed by atoms with Gasteiger partial charge in [-0.3, -0.25) is 0 Å². The zero-order chi connectivity index (χ0) is 6.53. The smallest absolute Gasteiger partial charge is 0.190 e. The molecule has 0 amide bonds. The molecule has 1 aliphatic rings. The first-order valence-corrected chi connectivity index (χ1v) is 3.35. The molecule has 1 atom stereocenters. The van der Waals surface area contributed by atoms with Crippen molar-refractivity contribution in [2.24, 2.45) is 0 Å². The van der Waals surface area contributed by atoms with E-state index in [4.69, 9.17) is 9.99 Å². The van der Waals surface area contributed by atoms with Crippen molar-refractivity contribution in [3.05, 3.63) is 0 Å². The number of ether oxygens (including phenoxy) is 1. The maximum Gasteiger partial charge on any atom is 0.190 e. The molecule has 0 spiro atoms. The summed E-state index contributed by atoms with van der Waals surface area (Å²) >= 11 is 0. The van der Waals surface area contributed by atoms with E-state index in [2.05, 4.69) is 4.89 Å². The molecule has 1 heterocycles. The van der Waals surface area contributed by atoms with E-state index in [0.29, 0.717) is 6.61 Å². The molecule has 0 aromatic rings. The molecule has 0 bridgehead atoms. The molecule has 1 aliphatic heterocycles. The first kappa shape index (κ1) is 6.99. The van der Waals surface area contributed by atoms with Crippen molar-refractivity contribution in [3.63, 3.8) is 0 Å². The van der Waals surface area contributed by atoms with Crippen molar-refractivity contribution in [3.8, 4) is 0 Å². The molecule has 1 fully saturated rings. The molecule has 1 rings (SSSR count). The van der Waals surface area contributed by atoms with E-state index in [-0.39, 0.29) is 6.29 Å². The molecule has 1 unspecified atom stereocenters. The Bertz CT molecular complexity index is 66.7. The summed E-state index contributed by atoms with van der Waals surface area (Å²) in [7, 11) is 0. The Morgan fingerprint density at radius 2 is 2.22 bits per heavy atom. The van der Waals surface area contributed by atoms with Gasteiger partial charge in [-0.15, -0.1) is 0 Å². The first-order chi connectivity index (χ1) is 4.43. The van der Waals surface area contributed by atoms with Gasteiger partial charge in [-0.25, -0.2) is 10.1 Å². The lowest BCUT2D eigenvalue weighted by Crippen LogP contribution is -2.13. The highest BCUT2D eigenvalue weighted by atomic mass is 17.1. The lowest BCUT2D eigenvalue weighted by Gasteiger charge is -2.08. The Morgan fingerprint density at radius 3 is 3.00 bits per heavy atom. The Balaban J connectivity index is 2.18. The summed E-state index contributed by atoms with van der Waals surface area (Å²) < 4.78 is 5.08. The first-order valence-electron chi connectivity index (χ1n) is 3.35. The van der Waals surface area contributed by atoms with Crippen molar-refractivity contribution in [2.75, 3.05) is 6.61 Å². The van der Waals surface area contributed by atoms with Gasteiger partial charge < -0.3 is 4.74 Å². The third-order valence-electron chi connectivity index (χ3n) is 1.51. The maximum absolute atomic E-state index is 8.19. The minimum absolute atomic E-state index is 0.368. The van der Waals surface area contributed by atoms with Gasteiger partial charge in [0.05, 0.1) is 0 Å². The molecule has 0 saturated carbocycles. The van der Waals surface area contributed by atoms with E-state index < -0.39 is 0 Å². The van der Waals surface area contributed by atoms with Crippen molar-refractivity contribution in [1.29, 1.82) is 0 Å². The summed E-state index contributed by atoms with van der Waals surface area (Å²) in [6.07, 6.45) is 3.80. The lowest BCUT2D eigenvalue weighted by atomic mass is 10.2. The number of hydrogen-bond donors (Lipinski definition) is 1. The second-order valence-electron chi connectivity index (χ2n) is 2.26. The highest BCUT2D eigenvalue weighted by Crippen LogP contribution is 2.12. The van der Waals surface area contributed by atoms with Gasteiger partial charge in [0.1, 0.15) is 0 Å². The van der Waals surface area contributed by atoms with Crippen molar-refractivity contribution in [2.45, 2.75) is 32.0 Å².